The molecule has 1 aliphatic heterocycles. The van der Waals surface area contributed by atoms with E-state index in [1.54, 1.807) is 6.92 Å². The number of rotatable bonds is 4. The van der Waals surface area contributed by atoms with Gasteiger partial charge in [-0.1, -0.05) is 18.2 Å². The number of hydrogen-bond donors (Lipinski definition) is 3. The van der Waals surface area contributed by atoms with Crippen molar-refractivity contribution in [1.29, 1.82) is 0 Å². The van der Waals surface area contributed by atoms with Crippen molar-refractivity contribution in [3.05, 3.63) is 29.8 Å². The van der Waals surface area contributed by atoms with Crippen molar-refractivity contribution in [2.24, 2.45) is 0 Å². The van der Waals surface area contributed by atoms with Gasteiger partial charge in [-0.15, -0.1) is 0 Å². The van der Waals surface area contributed by atoms with Gasteiger partial charge in [0.1, 0.15) is 0 Å². The number of nitrogens with two attached hydrogens (primary N) is 1. The second-order valence-corrected chi connectivity index (χ2v) is 5.42. The highest BCUT2D eigenvalue weighted by Crippen LogP contribution is 2.22. The molecule has 1 aromatic carbocycles. The van der Waals surface area contributed by atoms with Crippen molar-refractivity contribution in [3.63, 3.8) is 0 Å². The molecule has 1 amide bonds. The second-order valence-electron chi connectivity index (χ2n) is 5.42. The SMILES string of the molecule is CC(=O)NC1CCN(CC(O)c2ccccc2N)CC1. The van der Waals surface area contributed by atoms with Crippen LogP contribution < -0.4 is 11.1 Å². The van der Waals surface area contributed by atoms with Crippen molar-refractivity contribution in [3.8, 4) is 0 Å². The average molecular weight is 277 g/mol. The summed E-state index contributed by atoms with van der Waals surface area (Å²) in [6.07, 6.45) is 1.29. The highest BCUT2D eigenvalue weighted by atomic mass is 16.3. The molecule has 0 aliphatic carbocycles. The third-order valence-electron chi connectivity index (χ3n) is 3.78. The van der Waals surface area contributed by atoms with E-state index in [-0.39, 0.29) is 11.9 Å². The molecule has 1 unspecified atom stereocenters. The van der Waals surface area contributed by atoms with Crippen molar-refractivity contribution >= 4 is 11.6 Å². The summed E-state index contributed by atoms with van der Waals surface area (Å²) >= 11 is 0. The summed E-state index contributed by atoms with van der Waals surface area (Å²) in [5, 5.41) is 13.2. The largest absolute Gasteiger partial charge is 0.398 e. The zero-order chi connectivity index (χ0) is 14.5. The molecule has 5 heteroatoms. The topological polar surface area (TPSA) is 78.6 Å². The van der Waals surface area contributed by atoms with Gasteiger partial charge in [0.2, 0.25) is 5.91 Å². The third-order valence-corrected chi connectivity index (χ3v) is 3.78. The normalized spacial score (nSPS) is 18.7. The van der Waals surface area contributed by atoms with Crippen LogP contribution in [0.4, 0.5) is 5.69 Å². The van der Waals surface area contributed by atoms with Crippen LogP contribution in [-0.4, -0.2) is 41.6 Å². The summed E-state index contributed by atoms with van der Waals surface area (Å²) in [5.74, 6) is 0.0283. The standard InChI is InChI=1S/C15H23N3O2/c1-11(19)17-12-6-8-18(9-7-12)10-15(20)13-4-2-3-5-14(13)16/h2-5,12,15,20H,6-10,16H2,1H3,(H,17,19). The fraction of sp³-hybridized carbons (Fsp3) is 0.533. The predicted molar refractivity (Wildman–Crippen MR) is 79.1 cm³/mol. The van der Waals surface area contributed by atoms with E-state index in [0.29, 0.717) is 12.2 Å². The average Bonchev–Trinajstić information content (AvgIpc) is 2.41. The van der Waals surface area contributed by atoms with Crippen LogP contribution in [0.2, 0.25) is 0 Å². The first-order chi connectivity index (χ1) is 9.56. The summed E-state index contributed by atoms with van der Waals surface area (Å²) in [4.78, 5) is 13.2. The number of nitrogens with one attached hydrogen (secondary N) is 1. The summed E-state index contributed by atoms with van der Waals surface area (Å²) in [5.41, 5.74) is 7.30. The maximum Gasteiger partial charge on any atom is 0.217 e. The molecule has 20 heavy (non-hydrogen) atoms. The van der Waals surface area contributed by atoms with Gasteiger partial charge in [-0.25, -0.2) is 0 Å². The van der Waals surface area contributed by atoms with E-state index < -0.39 is 6.10 Å². The molecular formula is C15H23N3O2. The zero-order valence-electron chi connectivity index (χ0n) is 11.9. The number of aliphatic hydroxyl groups is 1. The van der Waals surface area contributed by atoms with Gasteiger partial charge in [0, 0.05) is 43.9 Å². The van der Waals surface area contributed by atoms with Crippen LogP contribution in [0, 0.1) is 0 Å². The van der Waals surface area contributed by atoms with E-state index in [2.05, 4.69) is 10.2 Å². The van der Waals surface area contributed by atoms with E-state index in [4.69, 9.17) is 5.73 Å². The van der Waals surface area contributed by atoms with Crippen LogP contribution in [0.15, 0.2) is 24.3 Å². The first-order valence-corrected chi connectivity index (χ1v) is 7.08. The van der Waals surface area contributed by atoms with E-state index in [0.717, 1.165) is 31.5 Å². The molecule has 0 saturated carbocycles. The van der Waals surface area contributed by atoms with Crippen molar-refractivity contribution in [1.82, 2.24) is 10.2 Å². The van der Waals surface area contributed by atoms with Crippen LogP contribution in [-0.2, 0) is 4.79 Å². The van der Waals surface area contributed by atoms with Gasteiger partial charge in [0.05, 0.1) is 6.10 Å². The van der Waals surface area contributed by atoms with Crippen LogP contribution in [0.3, 0.4) is 0 Å². The highest BCUT2D eigenvalue weighted by Gasteiger charge is 2.22. The van der Waals surface area contributed by atoms with Gasteiger partial charge >= 0.3 is 0 Å². The van der Waals surface area contributed by atoms with Gasteiger partial charge < -0.3 is 21.1 Å². The van der Waals surface area contributed by atoms with Crippen molar-refractivity contribution < 1.29 is 9.90 Å². The molecule has 4 N–H and O–H groups in total. The molecule has 0 aromatic heterocycles. The number of para-hydroxylation sites is 1. The Balaban J connectivity index is 1.83. The van der Waals surface area contributed by atoms with E-state index in [1.807, 2.05) is 24.3 Å². The smallest absolute Gasteiger partial charge is 0.217 e. The molecule has 1 fully saturated rings. The van der Waals surface area contributed by atoms with Crippen molar-refractivity contribution in [2.75, 3.05) is 25.4 Å². The molecular weight excluding hydrogens is 254 g/mol. The monoisotopic (exact) mass is 277 g/mol. The lowest BCUT2D eigenvalue weighted by Gasteiger charge is -2.33. The van der Waals surface area contributed by atoms with Gasteiger partial charge in [0.15, 0.2) is 0 Å². The molecule has 1 aliphatic rings. The molecule has 0 radical (unpaired) electrons. The summed E-state index contributed by atoms with van der Waals surface area (Å²) in [7, 11) is 0. The molecule has 0 bridgehead atoms. The fourth-order valence-electron chi connectivity index (χ4n) is 2.70. The number of nitrogen functional groups attached to an aromatic ring is 1. The van der Waals surface area contributed by atoms with Crippen LogP contribution in [0.1, 0.15) is 31.4 Å². The van der Waals surface area contributed by atoms with Crippen LogP contribution >= 0.6 is 0 Å². The Morgan fingerprint density at radius 3 is 2.70 bits per heavy atom. The first kappa shape index (κ1) is 14.8. The lowest BCUT2D eigenvalue weighted by Crippen LogP contribution is -2.45. The minimum Gasteiger partial charge on any atom is -0.398 e. The molecule has 110 valence electrons. The van der Waals surface area contributed by atoms with Gasteiger partial charge in [-0.3, -0.25) is 4.79 Å². The van der Waals surface area contributed by atoms with Crippen LogP contribution in [0.25, 0.3) is 0 Å². The zero-order valence-corrected chi connectivity index (χ0v) is 11.9. The number of aliphatic hydroxyl groups excluding tert-OH is 1. The maximum absolute atomic E-state index is 11.0. The fourth-order valence-corrected chi connectivity index (χ4v) is 2.70. The number of carbonyl (C=O) groups excluding carboxylic acids is 1. The van der Waals surface area contributed by atoms with E-state index in [9.17, 15) is 9.90 Å². The maximum atomic E-state index is 11.0. The highest BCUT2D eigenvalue weighted by molar-refractivity contribution is 5.73. The summed E-state index contributed by atoms with van der Waals surface area (Å²) in [6.45, 7) is 3.90. The molecule has 1 saturated heterocycles. The Morgan fingerprint density at radius 2 is 2.10 bits per heavy atom. The Labute approximate surface area is 119 Å². The Hall–Kier alpha value is -1.59. The molecule has 1 heterocycles. The van der Waals surface area contributed by atoms with Gasteiger partial charge in [-0.05, 0) is 18.9 Å². The Kier molecular flexibility index (Phi) is 4.98. The molecule has 2 rings (SSSR count). The number of likely N-dealkylation sites (tertiary alicyclic amines) is 1. The lowest BCUT2D eigenvalue weighted by molar-refractivity contribution is -0.120. The number of β-amino-alcohol motifs (C(OH)–C–C–N with tert-alkyl or cyclic N) is 1. The molecule has 1 atom stereocenters. The molecule has 5 nitrogen and oxygen atoms in total. The quantitative estimate of drug-likeness (QED) is 0.715. The molecule has 1 aromatic rings. The van der Waals surface area contributed by atoms with Crippen molar-refractivity contribution in [2.45, 2.75) is 31.9 Å². The minimum absolute atomic E-state index is 0.0283. The first-order valence-electron chi connectivity index (χ1n) is 7.08. The number of benzene rings is 1. The number of anilines is 1. The van der Waals surface area contributed by atoms with Gasteiger partial charge in [-0.2, -0.15) is 0 Å². The summed E-state index contributed by atoms with van der Waals surface area (Å²) < 4.78 is 0. The minimum atomic E-state index is -0.562. The second kappa shape index (κ2) is 6.72. The van der Waals surface area contributed by atoms with E-state index in [1.165, 1.54) is 0 Å². The summed E-state index contributed by atoms with van der Waals surface area (Å²) in [6, 6.07) is 7.69. The third kappa shape index (κ3) is 3.95. The van der Waals surface area contributed by atoms with Crippen LogP contribution in [0.5, 0.6) is 0 Å². The molecule has 0 spiro atoms. The number of amides is 1. The number of piperidine rings is 1. The van der Waals surface area contributed by atoms with E-state index >= 15 is 0 Å². The predicted octanol–water partition coefficient (Wildman–Crippen LogP) is 0.903. The van der Waals surface area contributed by atoms with Gasteiger partial charge in [0.25, 0.3) is 0 Å². The lowest BCUT2D eigenvalue weighted by atomic mass is 10.0. The Bertz CT molecular complexity index is 456. The number of nitrogens with zero attached hydrogens (tertiary/aromatic N) is 1. The number of hydrogen-bond acceptors (Lipinski definition) is 4. The number of carbonyl (C=O) groups is 1. The Morgan fingerprint density at radius 1 is 1.45 bits per heavy atom.